The first-order chi connectivity index (χ1) is 10.9. The summed E-state index contributed by atoms with van der Waals surface area (Å²) in [4.78, 5) is 26.0. The van der Waals surface area contributed by atoms with Gasteiger partial charge in [-0.15, -0.1) is 0 Å². The van der Waals surface area contributed by atoms with E-state index in [1.807, 2.05) is 38.1 Å². The molecule has 0 radical (unpaired) electrons. The zero-order valence-electron chi connectivity index (χ0n) is 13.4. The summed E-state index contributed by atoms with van der Waals surface area (Å²) in [7, 11) is 1.62. The molecule has 0 saturated carbocycles. The molecular weight excluding hydrogens is 356 g/mol. The van der Waals surface area contributed by atoms with E-state index >= 15 is 0 Å². The van der Waals surface area contributed by atoms with Crippen molar-refractivity contribution in [1.29, 1.82) is 0 Å². The van der Waals surface area contributed by atoms with Gasteiger partial charge in [0.05, 0.1) is 12.1 Å². The van der Waals surface area contributed by atoms with Crippen molar-refractivity contribution >= 4 is 33.4 Å². The number of nitrogens with zero attached hydrogens (tertiary/aromatic N) is 1. The van der Waals surface area contributed by atoms with Crippen molar-refractivity contribution in [2.75, 3.05) is 18.9 Å². The van der Waals surface area contributed by atoms with Crippen LogP contribution >= 0.6 is 15.9 Å². The maximum absolute atomic E-state index is 12.4. The van der Waals surface area contributed by atoms with E-state index in [0.29, 0.717) is 10.0 Å². The molecule has 23 heavy (non-hydrogen) atoms. The predicted molar refractivity (Wildman–Crippen MR) is 95.6 cm³/mol. The highest BCUT2D eigenvalue weighted by atomic mass is 79.9. The van der Waals surface area contributed by atoms with Gasteiger partial charge >= 0.3 is 0 Å². The number of amides is 2. The molecule has 0 aliphatic rings. The minimum absolute atomic E-state index is 0.00640. The Morgan fingerprint density at radius 2 is 1.78 bits per heavy atom. The van der Waals surface area contributed by atoms with Crippen LogP contribution in [0.25, 0.3) is 0 Å². The molecule has 0 bridgehead atoms. The summed E-state index contributed by atoms with van der Waals surface area (Å²) < 4.78 is 0.715. The van der Waals surface area contributed by atoms with E-state index in [0.717, 1.165) is 16.8 Å². The second-order valence-electron chi connectivity index (χ2n) is 5.44. The van der Waals surface area contributed by atoms with Crippen molar-refractivity contribution in [2.24, 2.45) is 0 Å². The molecule has 1 N–H and O–H groups in total. The summed E-state index contributed by atoms with van der Waals surface area (Å²) in [5.74, 6) is -0.421. The van der Waals surface area contributed by atoms with E-state index in [-0.39, 0.29) is 18.4 Å². The van der Waals surface area contributed by atoms with E-state index in [9.17, 15) is 9.59 Å². The van der Waals surface area contributed by atoms with Crippen molar-refractivity contribution in [3.8, 4) is 0 Å². The van der Waals surface area contributed by atoms with Gasteiger partial charge in [-0.1, -0.05) is 24.3 Å². The average molecular weight is 375 g/mol. The Morgan fingerprint density at radius 1 is 1.09 bits per heavy atom. The smallest absolute Gasteiger partial charge is 0.255 e. The van der Waals surface area contributed by atoms with Gasteiger partial charge in [-0.2, -0.15) is 0 Å². The average Bonchev–Trinajstić information content (AvgIpc) is 2.51. The van der Waals surface area contributed by atoms with Crippen LogP contribution in [0.15, 0.2) is 46.9 Å². The lowest BCUT2D eigenvalue weighted by Gasteiger charge is -2.18. The Hall–Kier alpha value is -2.14. The third-order valence-electron chi connectivity index (χ3n) is 3.71. The van der Waals surface area contributed by atoms with Crippen molar-refractivity contribution in [3.63, 3.8) is 0 Å². The fourth-order valence-corrected chi connectivity index (χ4v) is 2.66. The molecule has 0 aliphatic heterocycles. The van der Waals surface area contributed by atoms with Crippen molar-refractivity contribution in [3.05, 3.63) is 63.6 Å². The third-order valence-corrected chi connectivity index (χ3v) is 4.40. The molecule has 0 atom stereocenters. The normalized spacial score (nSPS) is 10.3. The first-order valence-corrected chi connectivity index (χ1v) is 8.05. The molecule has 0 spiro atoms. The largest absolute Gasteiger partial charge is 0.332 e. The molecule has 0 saturated heterocycles. The second kappa shape index (κ2) is 7.42. The lowest BCUT2D eigenvalue weighted by molar-refractivity contribution is -0.116. The summed E-state index contributed by atoms with van der Waals surface area (Å²) in [6.45, 7) is 3.95. The Bertz CT molecular complexity index is 744. The first kappa shape index (κ1) is 17.2. The quantitative estimate of drug-likeness (QED) is 0.884. The predicted octanol–water partition coefficient (Wildman–Crippen LogP) is 3.78. The van der Waals surface area contributed by atoms with E-state index < -0.39 is 0 Å². The number of rotatable bonds is 4. The van der Waals surface area contributed by atoms with Crippen LogP contribution in [-0.4, -0.2) is 30.3 Å². The monoisotopic (exact) mass is 374 g/mol. The highest BCUT2D eigenvalue weighted by Crippen LogP contribution is 2.19. The number of hydrogen-bond acceptors (Lipinski definition) is 2. The van der Waals surface area contributed by atoms with Crippen molar-refractivity contribution in [1.82, 2.24) is 4.90 Å². The minimum Gasteiger partial charge on any atom is -0.332 e. The first-order valence-electron chi connectivity index (χ1n) is 7.26. The standard InChI is InChI=1S/C18H19BrN2O2/c1-12-7-6-10-16(13(12)2)20-17(22)11-21(3)18(23)14-8-4-5-9-15(14)19/h4-10H,11H2,1-3H3,(H,20,22). The second-order valence-corrected chi connectivity index (χ2v) is 6.29. The van der Waals surface area contributed by atoms with Crippen LogP contribution < -0.4 is 5.32 Å². The number of aryl methyl sites for hydroxylation is 1. The Kier molecular flexibility index (Phi) is 5.55. The van der Waals surface area contributed by atoms with Crippen LogP contribution in [0.5, 0.6) is 0 Å². The number of likely N-dealkylation sites (N-methyl/N-ethyl adjacent to an activating group) is 1. The van der Waals surface area contributed by atoms with Crippen LogP contribution in [0.1, 0.15) is 21.5 Å². The molecule has 2 amide bonds. The fourth-order valence-electron chi connectivity index (χ4n) is 2.20. The Labute approximate surface area is 144 Å². The highest BCUT2D eigenvalue weighted by molar-refractivity contribution is 9.10. The van der Waals surface area contributed by atoms with Crippen LogP contribution in [0, 0.1) is 13.8 Å². The van der Waals surface area contributed by atoms with E-state index in [1.54, 1.807) is 25.2 Å². The van der Waals surface area contributed by atoms with Crippen LogP contribution in [0.2, 0.25) is 0 Å². The number of hydrogen-bond donors (Lipinski definition) is 1. The zero-order chi connectivity index (χ0) is 17.0. The fraction of sp³-hybridized carbons (Fsp3) is 0.222. The maximum Gasteiger partial charge on any atom is 0.255 e. The van der Waals surface area contributed by atoms with E-state index in [1.165, 1.54) is 4.90 Å². The van der Waals surface area contributed by atoms with Gasteiger partial charge in [0.1, 0.15) is 0 Å². The lowest BCUT2D eigenvalue weighted by Crippen LogP contribution is -2.35. The minimum atomic E-state index is -0.221. The number of carbonyl (C=O) groups excluding carboxylic acids is 2. The summed E-state index contributed by atoms with van der Waals surface area (Å²) in [6.07, 6.45) is 0. The third kappa shape index (κ3) is 4.20. The number of nitrogens with one attached hydrogen (secondary N) is 1. The molecule has 2 aromatic carbocycles. The van der Waals surface area contributed by atoms with Gasteiger partial charge in [-0.05, 0) is 59.1 Å². The number of benzene rings is 2. The SMILES string of the molecule is Cc1cccc(NC(=O)CN(C)C(=O)c2ccccc2Br)c1C. The highest BCUT2D eigenvalue weighted by Gasteiger charge is 2.17. The Balaban J connectivity index is 2.04. The van der Waals surface area contributed by atoms with Crippen LogP contribution in [0.3, 0.4) is 0 Å². The molecule has 0 heterocycles. The van der Waals surface area contributed by atoms with Gasteiger partial charge in [0, 0.05) is 17.2 Å². The van der Waals surface area contributed by atoms with Gasteiger partial charge in [0.15, 0.2) is 0 Å². The Morgan fingerprint density at radius 3 is 2.48 bits per heavy atom. The topological polar surface area (TPSA) is 49.4 Å². The molecular formula is C18H19BrN2O2. The van der Waals surface area contributed by atoms with Crippen molar-refractivity contribution < 1.29 is 9.59 Å². The maximum atomic E-state index is 12.4. The molecule has 0 aliphatic carbocycles. The molecule has 4 nitrogen and oxygen atoms in total. The molecule has 0 aromatic heterocycles. The summed E-state index contributed by atoms with van der Waals surface area (Å²) in [5, 5.41) is 2.86. The van der Waals surface area contributed by atoms with Gasteiger partial charge in [0.25, 0.3) is 5.91 Å². The van der Waals surface area contributed by atoms with Crippen molar-refractivity contribution in [2.45, 2.75) is 13.8 Å². The molecule has 2 aromatic rings. The number of halogens is 1. The lowest BCUT2D eigenvalue weighted by atomic mass is 10.1. The van der Waals surface area contributed by atoms with Gasteiger partial charge in [-0.25, -0.2) is 0 Å². The van der Waals surface area contributed by atoms with Gasteiger partial charge in [-0.3, -0.25) is 9.59 Å². The summed E-state index contributed by atoms with van der Waals surface area (Å²) in [6, 6.07) is 12.9. The molecule has 0 unspecified atom stereocenters. The molecule has 5 heteroatoms. The van der Waals surface area contributed by atoms with Crippen LogP contribution in [0.4, 0.5) is 5.69 Å². The zero-order valence-corrected chi connectivity index (χ0v) is 15.0. The van der Waals surface area contributed by atoms with E-state index in [4.69, 9.17) is 0 Å². The summed E-state index contributed by atoms with van der Waals surface area (Å²) in [5.41, 5.74) is 3.45. The number of anilines is 1. The summed E-state index contributed by atoms with van der Waals surface area (Å²) >= 11 is 3.35. The van der Waals surface area contributed by atoms with E-state index in [2.05, 4.69) is 21.2 Å². The number of carbonyl (C=O) groups is 2. The van der Waals surface area contributed by atoms with Gasteiger partial charge < -0.3 is 10.2 Å². The van der Waals surface area contributed by atoms with Gasteiger partial charge in [0.2, 0.25) is 5.91 Å². The molecule has 2 rings (SSSR count). The molecule has 120 valence electrons. The molecule has 0 fully saturated rings. The van der Waals surface area contributed by atoms with Crippen LogP contribution in [-0.2, 0) is 4.79 Å².